The van der Waals surface area contributed by atoms with Gasteiger partial charge in [-0.15, -0.1) is 11.3 Å². The second-order valence-electron chi connectivity index (χ2n) is 9.78. The molecule has 14 heteroatoms. The molecular weight excluding hydrogens is 650 g/mol. The molecule has 0 aliphatic carbocycles. The highest BCUT2D eigenvalue weighted by Crippen LogP contribution is 2.34. The van der Waals surface area contributed by atoms with E-state index in [2.05, 4.69) is 9.71 Å². The minimum atomic E-state index is -3.92. The van der Waals surface area contributed by atoms with Crippen LogP contribution in [0.3, 0.4) is 0 Å². The van der Waals surface area contributed by atoms with E-state index in [1.807, 2.05) is 18.2 Å². The summed E-state index contributed by atoms with van der Waals surface area (Å²) in [7, 11) is -2.48. The van der Waals surface area contributed by atoms with Gasteiger partial charge in [0.1, 0.15) is 17.3 Å². The lowest BCUT2D eigenvalue weighted by Gasteiger charge is -2.15. The number of nitro groups is 1. The predicted molar refractivity (Wildman–Crippen MR) is 178 cm³/mol. The van der Waals surface area contributed by atoms with Crippen molar-refractivity contribution in [2.24, 2.45) is 4.99 Å². The van der Waals surface area contributed by atoms with E-state index in [9.17, 15) is 23.3 Å². The number of rotatable bonds is 9. The summed E-state index contributed by atoms with van der Waals surface area (Å²) >= 11 is 7.33. The zero-order chi connectivity index (χ0) is 32.4. The minimum absolute atomic E-state index is 0.0204. The number of sulfonamides is 1. The first kappa shape index (κ1) is 30.6. The Morgan fingerprint density at radius 3 is 2.39 bits per heavy atom. The number of anilines is 2. The molecule has 1 aromatic heterocycles. The fourth-order valence-electron chi connectivity index (χ4n) is 4.64. The Bertz CT molecular complexity index is 2150. The van der Waals surface area contributed by atoms with Crippen LogP contribution in [-0.4, -0.2) is 37.2 Å². The first-order chi connectivity index (χ1) is 22.1. The highest BCUT2D eigenvalue weighted by atomic mass is 35.5. The van der Waals surface area contributed by atoms with Gasteiger partial charge in [-0.05, 0) is 42.5 Å². The fraction of sp³-hybridized carbons (Fsp3) is 0.0312. The van der Waals surface area contributed by atoms with Gasteiger partial charge < -0.3 is 4.74 Å². The summed E-state index contributed by atoms with van der Waals surface area (Å²) in [6, 6.07) is 26.0. The number of aromatic nitrogens is 1. The molecule has 46 heavy (non-hydrogen) atoms. The van der Waals surface area contributed by atoms with Crippen molar-refractivity contribution < 1.29 is 22.9 Å². The fourth-order valence-corrected chi connectivity index (χ4v) is 6.87. The SMILES string of the molecule is COc1ccc(S(=O)(=O)Nc2ccc(-c3csc(N4C(=O)/C(=C/c5ccccc5[N+](=O)[O-])N=C4c4ccccc4)n3)cc2)cc1Cl. The highest BCUT2D eigenvalue weighted by Gasteiger charge is 2.35. The maximum atomic E-state index is 13.7. The van der Waals surface area contributed by atoms with Crippen LogP contribution in [-0.2, 0) is 14.8 Å². The monoisotopic (exact) mass is 671 g/mol. The molecule has 0 bridgehead atoms. The molecule has 4 aromatic carbocycles. The second-order valence-corrected chi connectivity index (χ2v) is 12.7. The van der Waals surface area contributed by atoms with Crippen LogP contribution in [0, 0.1) is 10.1 Å². The summed E-state index contributed by atoms with van der Waals surface area (Å²) in [5, 5.41) is 13.8. The Hall–Kier alpha value is -5.37. The van der Waals surface area contributed by atoms with Crippen LogP contribution < -0.4 is 14.4 Å². The molecule has 2 heterocycles. The van der Waals surface area contributed by atoms with E-state index in [4.69, 9.17) is 21.3 Å². The molecule has 0 radical (unpaired) electrons. The zero-order valence-corrected chi connectivity index (χ0v) is 26.2. The first-order valence-electron chi connectivity index (χ1n) is 13.5. The number of nitro benzene ring substituents is 1. The number of amidine groups is 1. The van der Waals surface area contributed by atoms with Gasteiger partial charge in [0, 0.05) is 28.3 Å². The number of amides is 1. The number of carbonyl (C=O) groups excluding carboxylic acids is 1. The highest BCUT2D eigenvalue weighted by molar-refractivity contribution is 7.92. The Balaban J connectivity index is 1.28. The lowest BCUT2D eigenvalue weighted by atomic mass is 10.1. The van der Waals surface area contributed by atoms with Crippen molar-refractivity contribution in [3.63, 3.8) is 0 Å². The van der Waals surface area contributed by atoms with Crippen LogP contribution in [0.5, 0.6) is 5.75 Å². The lowest BCUT2D eigenvalue weighted by molar-refractivity contribution is -0.385. The van der Waals surface area contributed by atoms with Crippen LogP contribution in [0.1, 0.15) is 11.1 Å². The minimum Gasteiger partial charge on any atom is -0.495 e. The van der Waals surface area contributed by atoms with Gasteiger partial charge in [-0.2, -0.15) is 0 Å². The molecule has 5 aromatic rings. The third kappa shape index (κ3) is 6.11. The van der Waals surface area contributed by atoms with Gasteiger partial charge in [0.05, 0.1) is 33.2 Å². The predicted octanol–water partition coefficient (Wildman–Crippen LogP) is 7.02. The molecule has 230 valence electrons. The van der Waals surface area contributed by atoms with Gasteiger partial charge in [-0.25, -0.2) is 23.3 Å². The van der Waals surface area contributed by atoms with E-state index in [1.165, 1.54) is 53.7 Å². The number of para-hydroxylation sites is 1. The summed E-state index contributed by atoms with van der Waals surface area (Å²) in [6.45, 7) is 0. The number of methoxy groups -OCH3 is 1. The van der Waals surface area contributed by atoms with Crippen molar-refractivity contribution in [1.29, 1.82) is 0 Å². The topological polar surface area (TPSA) is 144 Å². The maximum Gasteiger partial charge on any atom is 0.284 e. The summed E-state index contributed by atoms with van der Waals surface area (Å²) in [5.41, 5.74) is 2.34. The summed E-state index contributed by atoms with van der Waals surface area (Å²) < 4.78 is 33.5. The van der Waals surface area contributed by atoms with Gasteiger partial charge in [0.2, 0.25) is 0 Å². The third-order valence-corrected chi connectivity index (χ3v) is 9.37. The molecule has 11 nitrogen and oxygen atoms in total. The molecule has 0 spiro atoms. The summed E-state index contributed by atoms with van der Waals surface area (Å²) in [6.07, 6.45) is 1.40. The Kier molecular flexibility index (Phi) is 8.37. The summed E-state index contributed by atoms with van der Waals surface area (Å²) in [4.78, 5) is 35.4. The van der Waals surface area contributed by atoms with E-state index in [0.717, 1.165) is 0 Å². The smallest absolute Gasteiger partial charge is 0.284 e. The lowest BCUT2D eigenvalue weighted by Crippen LogP contribution is -2.32. The second kappa shape index (κ2) is 12.6. The molecule has 0 saturated heterocycles. The van der Waals surface area contributed by atoms with Crippen molar-refractivity contribution in [3.8, 4) is 17.0 Å². The normalized spacial score (nSPS) is 14.0. The molecule has 0 atom stereocenters. The van der Waals surface area contributed by atoms with Crippen LogP contribution in [0.25, 0.3) is 17.3 Å². The van der Waals surface area contributed by atoms with Crippen LogP contribution >= 0.6 is 22.9 Å². The van der Waals surface area contributed by atoms with E-state index in [0.29, 0.717) is 39.2 Å². The van der Waals surface area contributed by atoms with Crippen LogP contribution in [0.2, 0.25) is 5.02 Å². The Labute approximate surface area is 272 Å². The number of carbonyl (C=O) groups is 1. The maximum absolute atomic E-state index is 13.7. The number of ether oxygens (including phenoxy) is 1. The number of hydrogen-bond acceptors (Lipinski definition) is 9. The van der Waals surface area contributed by atoms with Crippen molar-refractivity contribution >= 4 is 67.3 Å². The molecule has 1 N–H and O–H groups in total. The molecule has 0 fully saturated rings. The largest absolute Gasteiger partial charge is 0.495 e. The van der Waals surface area contributed by atoms with Crippen molar-refractivity contribution in [2.75, 3.05) is 16.7 Å². The average Bonchev–Trinajstić information content (AvgIpc) is 3.66. The number of halogens is 1. The average molecular weight is 672 g/mol. The molecule has 1 amide bonds. The molecule has 6 rings (SSSR count). The summed E-state index contributed by atoms with van der Waals surface area (Å²) in [5.74, 6) is 0.207. The Morgan fingerprint density at radius 2 is 1.70 bits per heavy atom. The van der Waals surface area contributed by atoms with Crippen molar-refractivity contribution in [1.82, 2.24) is 4.98 Å². The molecule has 1 aliphatic heterocycles. The standard InChI is InChI=1S/C32H22ClN5O6S2/c1-44-29-16-15-24(18-25(29)33)46(42,43)36-23-13-11-20(12-14-23)27-19-45-32(35-27)37-30(21-7-3-2-4-8-21)34-26(31(37)39)17-22-9-5-6-10-28(22)38(40)41/h2-19,36H,1H3/b26-17-. The number of aliphatic imine (C=N–C) groups is 1. The molecule has 0 unspecified atom stereocenters. The Morgan fingerprint density at radius 1 is 0.978 bits per heavy atom. The number of benzene rings is 4. The first-order valence-corrected chi connectivity index (χ1v) is 16.2. The van der Waals surface area contributed by atoms with Crippen LogP contribution in [0.15, 0.2) is 118 Å². The van der Waals surface area contributed by atoms with E-state index in [-0.39, 0.29) is 26.9 Å². The van der Waals surface area contributed by atoms with Crippen molar-refractivity contribution in [3.05, 3.63) is 134 Å². The zero-order valence-electron chi connectivity index (χ0n) is 23.8. The van der Waals surface area contributed by atoms with Gasteiger partial charge in [-0.1, -0.05) is 66.2 Å². The molecule has 0 saturated carbocycles. The van der Waals surface area contributed by atoms with Crippen LogP contribution in [0.4, 0.5) is 16.5 Å². The van der Waals surface area contributed by atoms with Gasteiger partial charge in [0.15, 0.2) is 5.13 Å². The third-order valence-electron chi connectivity index (χ3n) is 6.87. The number of hydrogen-bond donors (Lipinski definition) is 1. The number of thiazole rings is 1. The molecule has 1 aliphatic rings. The quantitative estimate of drug-likeness (QED) is 0.101. The van der Waals surface area contributed by atoms with E-state index >= 15 is 0 Å². The van der Waals surface area contributed by atoms with E-state index in [1.54, 1.807) is 60.0 Å². The van der Waals surface area contributed by atoms with Crippen molar-refractivity contribution in [2.45, 2.75) is 4.90 Å². The molecular formula is C32H22ClN5O6S2. The van der Waals surface area contributed by atoms with Gasteiger partial charge >= 0.3 is 0 Å². The number of nitrogens with zero attached hydrogens (tertiary/aromatic N) is 4. The van der Waals surface area contributed by atoms with Gasteiger partial charge in [0.25, 0.3) is 21.6 Å². The van der Waals surface area contributed by atoms with E-state index < -0.39 is 20.9 Å². The number of nitrogens with one attached hydrogen (secondary N) is 1. The van der Waals surface area contributed by atoms with Gasteiger partial charge in [-0.3, -0.25) is 19.6 Å².